The van der Waals surface area contributed by atoms with Gasteiger partial charge < -0.3 is 19.8 Å². The summed E-state index contributed by atoms with van der Waals surface area (Å²) in [5.74, 6) is -0.192. The SMILES string of the molecule is CC/C=C\C/C=C\C/C=C\C/C=C\C/C=C\CCCCCCCCCCCCCCCCCCCCCCCCCCCC(=O)NC(COP(=O)(O)OCC[N+](C)(C)C)C(O)/C=C/CC/C=C/CC/C=C/CC. The first-order valence-electron chi connectivity index (χ1n) is 30.1. The highest BCUT2D eigenvalue weighted by atomic mass is 31.2. The van der Waals surface area contributed by atoms with E-state index in [9.17, 15) is 19.4 Å². The number of nitrogens with one attached hydrogen (secondary N) is 1. The fourth-order valence-electron chi connectivity index (χ4n) is 8.40. The first-order chi connectivity index (χ1) is 35.5. The molecule has 0 aliphatic carbocycles. The molecule has 3 unspecified atom stereocenters. The predicted octanol–water partition coefficient (Wildman–Crippen LogP) is 18.6. The average Bonchev–Trinajstić information content (AvgIpc) is 3.35. The molecule has 0 heterocycles. The Morgan fingerprint density at radius 3 is 1.21 bits per heavy atom. The van der Waals surface area contributed by atoms with Crippen molar-refractivity contribution < 1.29 is 32.9 Å². The van der Waals surface area contributed by atoms with Crippen molar-refractivity contribution in [2.24, 2.45) is 0 Å². The number of rotatable bonds is 54. The second kappa shape index (κ2) is 54.2. The first-order valence-corrected chi connectivity index (χ1v) is 31.6. The number of phosphoric ester groups is 1. The number of carbonyl (C=O) groups excluding carboxylic acids is 1. The molecule has 0 aliphatic heterocycles. The molecule has 0 aromatic heterocycles. The van der Waals surface area contributed by atoms with Crippen molar-refractivity contribution in [2.75, 3.05) is 40.9 Å². The summed E-state index contributed by atoms with van der Waals surface area (Å²) in [6.45, 7) is 4.55. The summed E-state index contributed by atoms with van der Waals surface area (Å²) in [5, 5.41) is 13.8. The smallest absolute Gasteiger partial charge is 0.387 e. The monoisotopic (exact) mass is 1040 g/mol. The molecule has 9 heteroatoms. The van der Waals surface area contributed by atoms with E-state index in [0.29, 0.717) is 17.4 Å². The number of quaternary nitrogens is 1. The quantitative estimate of drug-likeness (QED) is 0.0243. The standard InChI is InChI=1S/C64H115N2O6P/c1-6-8-10-12-14-16-18-19-20-21-22-23-24-25-26-27-28-29-30-31-32-33-34-35-36-37-38-39-40-41-42-43-44-45-46-47-48-50-52-54-56-58-64(68)65-62(61-72-73(69,70)71-60-59-66(3,4)5)63(67)57-55-53-51-49-17-15-13-11-9-7-2/h8-11,14,16-17,19-20,22-23,25-26,49,55,57,62-63,67H,6-7,12-13,15,18,21,24,27-48,50-54,56,58-61H2,1-5H3,(H-,65,68,69,70)/p+1/b10-8-,11-9+,16-14-,20-19-,23-22-,26-25-,49-17+,57-55+. The molecule has 1 amide bonds. The predicted molar refractivity (Wildman–Crippen MR) is 318 cm³/mol. The highest BCUT2D eigenvalue weighted by molar-refractivity contribution is 7.47. The van der Waals surface area contributed by atoms with Gasteiger partial charge in [0, 0.05) is 6.42 Å². The van der Waals surface area contributed by atoms with Gasteiger partial charge in [-0.3, -0.25) is 13.8 Å². The van der Waals surface area contributed by atoms with Gasteiger partial charge in [0.25, 0.3) is 0 Å². The van der Waals surface area contributed by atoms with Crippen LogP contribution < -0.4 is 5.32 Å². The first kappa shape index (κ1) is 70.4. The molecule has 73 heavy (non-hydrogen) atoms. The largest absolute Gasteiger partial charge is 0.472 e. The summed E-state index contributed by atoms with van der Waals surface area (Å²) in [4.78, 5) is 23.2. The zero-order valence-electron chi connectivity index (χ0n) is 48.1. The normalized spacial score (nSPS) is 14.6. The van der Waals surface area contributed by atoms with Gasteiger partial charge in [-0.1, -0.05) is 259 Å². The third-order valence-electron chi connectivity index (χ3n) is 13.0. The average molecular weight is 1040 g/mol. The second-order valence-electron chi connectivity index (χ2n) is 21.3. The molecule has 422 valence electrons. The number of carbonyl (C=O) groups is 1. The third-order valence-corrected chi connectivity index (χ3v) is 14.0. The van der Waals surface area contributed by atoms with E-state index >= 15 is 0 Å². The van der Waals surface area contributed by atoms with Crippen molar-refractivity contribution in [3.63, 3.8) is 0 Å². The van der Waals surface area contributed by atoms with E-state index in [1.165, 1.54) is 148 Å². The number of likely N-dealkylation sites (N-methyl/N-ethyl adjacent to an activating group) is 1. The highest BCUT2D eigenvalue weighted by Gasteiger charge is 2.27. The van der Waals surface area contributed by atoms with E-state index in [-0.39, 0.29) is 19.1 Å². The molecule has 0 saturated heterocycles. The van der Waals surface area contributed by atoms with E-state index < -0.39 is 20.0 Å². The van der Waals surface area contributed by atoms with Crippen molar-refractivity contribution in [1.82, 2.24) is 5.32 Å². The Morgan fingerprint density at radius 1 is 0.466 bits per heavy atom. The van der Waals surface area contributed by atoms with Crippen LogP contribution >= 0.6 is 7.82 Å². The Balaban J connectivity index is 3.83. The van der Waals surface area contributed by atoms with Gasteiger partial charge >= 0.3 is 7.82 Å². The number of aliphatic hydroxyl groups excluding tert-OH is 1. The number of phosphoric acid groups is 1. The zero-order chi connectivity index (χ0) is 53.5. The van der Waals surface area contributed by atoms with Gasteiger partial charge in [-0.2, -0.15) is 0 Å². The Kier molecular flexibility index (Phi) is 52.3. The van der Waals surface area contributed by atoms with E-state index in [1.54, 1.807) is 6.08 Å². The lowest BCUT2D eigenvalue weighted by molar-refractivity contribution is -0.870. The molecular formula is C64H116N2O6P+. The molecule has 0 rings (SSSR count). The second-order valence-corrected chi connectivity index (χ2v) is 22.7. The minimum atomic E-state index is -4.35. The van der Waals surface area contributed by atoms with Crippen LogP contribution in [0.5, 0.6) is 0 Å². The topological polar surface area (TPSA) is 105 Å². The van der Waals surface area contributed by atoms with Crippen molar-refractivity contribution in [2.45, 2.75) is 264 Å². The van der Waals surface area contributed by atoms with Crippen molar-refractivity contribution in [1.29, 1.82) is 0 Å². The number of aliphatic hydroxyl groups is 1. The fraction of sp³-hybridized carbons (Fsp3) is 0.734. The summed E-state index contributed by atoms with van der Waals surface area (Å²) < 4.78 is 23.6. The number of amides is 1. The number of hydrogen-bond acceptors (Lipinski definition) is 5. The van der Waals surface area contributed by atoms with Gasteiger partial charge in [-0.15, -0.1) is 0 Å². The number of unbranched alkanes of at least 4 members (excludes halogenated alkanes) is 27. The van der Waals surface area contributed by atoms with E-state index in [1.807, 2.05) is 27.2 Å². The number of hydrogen-bond donors (Lipinski definition) is 3. The van der Waals surface area contributed by atoms with Crippen molar-refractivity contribution >= 4 is 13.7 Å². The molecule has 3 N–H and O–H groups in total. The van der Waals surface area contributed by atoms with Crippen LogP contribution in [0.3, 0.4) is 0 Å². The lowest BCUT2D eigenvalue weighted by atomic mass is 10.0. The minimum Gasteiger partial charge on any atom is -0.387 e. The van der Waals surface area contributed by atoms with Gasteiger partial charge in [-0.25, -0.2) is 4.57 Å². The minimum absolute atomic E-state index is 0.0517. The molecule has 0 aliphatic rings. The van der Waals surface area contributed by atoms with Gasteiger partial charge in [0.1, 0.15) is 13.2 Å². The highest BCUT2D eigenvalue weighted by Crippen LogP contribution is 2.43. The number of allylic oxidation sites excluding steroid dienone is 15. The van der Waals surface area contributed by atoms with E-state index in [2.05, 4.69) is 104 Å². The van der Waals surface area contributed by atoms with E-state index in [0.717, 1.165) is 83.5 Å². The lowest BCUT2D eigenvalue weighted by Gasteiger charge is -2.25. The van der Waals surface area contributed by atoms with Crippen molar-refractivity contribution in [3.8, 4) is 0 Å². The zero-order valence-corrected chi connectivity index (χ0v) is 49.0. The van der Waals surface area contributed by atoms with Gasteiger partial charge in [0.05, 0.1) is 39.9 Å². The Morgan fingerprint density at radius 2 is 0.795 bits per heavy atom. The van der Waals surface area contributed by atoms with Crippen LogP contribution in [-0.2, 0) is 18.4 Å². The maximum atomic E-state index is 12.9. The summed E-state index contributed by atoms with van der Waals surface area (Å²) >= 11 is 0. The molecule has 0 aromatic rings. The molecular weight excluding hydrogens is 924 g/mol. The molecule has 8 nitrogen and oxygen atoms in total. The summed E-state index contributed by atoms with van der Waals surface area (Å²) in [6, 6.07) is -0.870. The summed E-state index contributed by atoms with van der Waals surface area (Å²) in [5.41, 5.74) is 0. The van der Waals surface area contributed by atoms with Crippen LogP contribution in [0, 0.1) is 0 Å². The van der Waals surface area contributed by atoms with Crippen LogP contribution in [0.4, 0.5) is 0 Å². The molecule has 0 bridgehead atoms. The third kappa shape index (κ3) is 57.0. The maximum Gasteiger partial charge on any atom is 0.472 e. The van der Waals surface area contributed by atoms with Crippen molar-refractivity contribution in [3.05, 3.63) is 97.2 Å². The Hall–Kier alpha value is -2.58. The Bertz CT molecular complexity index is 1510. The van der Waals surface area contributed by atoms with Crippen LogP contribution in [0.2, 0.25) is 0 Å². The van der Waals surface area contributed by atoms with Crippen LogP contribution in [0.25, 0.3) is 0 Å². The Labute approximate surface area is 451 Å². The van der Waals surface area contributed by atoms with Gasteiger partial charge in [-0.05, 0) is 83.5 Å². The van der Waals surface area contributed by atoms with Crippen LogP contribution in [-0.4, -0.2) is 73.4 Å². The molecule has 0 fully saturated rings. The van der Waals surface area contributed by atoms with Gasteiger partial charge in [0.2, 0.25) is 5.91 Å². The maximum absolute atomic E-state index is 12.9. The summed E-state index contributed by atoms with van der Waals surface area (Å²) in [6.07, 6.45) is 78.6. The van der Waals surface area contributed by atoms with Crippen LogP contribution in [0.1, 0.15) is 251 Å². The molecule has 0 spiro atoms. The van der Waals surface area contributed by atoms with Crippen LogP contribution in [0.15, 0.2) is 97.2 Å². The molecule has 0 aromatic carbocycles. The lowest BCUT2D eigenvalue weighted by Crippen LogP contribution is -2.45. The van der Waals surface area contributed by atoms with Gasteiger partial charge in [0.15, 0.2) is 0 Å². The molecule has 0 radical (unpaired) electrons. The fourth-order valence-corrected chi connectivity index (χ4v) is 9.14. The number of nitrogens with zero attached hydrogens (tertiary/aromatic N) is 1. The molecule has 3 atom stereocenters. The molecule has 0 saturated carbocycles. The summed E-state index contributed by atoms with van der Waals surface area (Å²) in [7, 11) is 1.54. The van der Waals surface area contributed by atoms with E-state index in [4.69, 9.17) is 9.05 Å².